The predicted octanol–water partition coefficient (Wildman–Crippen LogP) is 3.70. The molecule has 6 nitrogen and oxygen atoms in total. The maximum absolute atomic E-state index is 12.8. The number of carbonyl (C=O) groups is 1. The molecule has 2 aromatic rings. The molecule has 2 heterocycles. The highest BCUT2D eigenvalue weighted by Gasteiger charge is 2.31. The highest BCUT2D eigenvalue weighted by molar-refractivity contribution is 7.99. The number of amides is 2. The number of anilines is 1. The van der Waals surface area contributed by atoms with Gasteiger partial charge in [-0.2, -0.15) is 0 Å². The van der Waals surface area contributed by atoms with Crippen LogP contribution in [0.15, 0.2) is 42.5 Å². The Morgan fingerprint density at radius 3 is 3.00 bits per heavy atom. The van der Waals surface area contributed by atoms with Gasteiger partial charge in [-0.25, -0.2) is 4.79 Å². The maximum Gasteiger partial charge on any atom is 0.323 e. The number of methoxy groups -OCH3 is 1. The fourth-order valence-electron chi connectivity index (χ4n) is 2.92. The van der Waals surface area contributed by atoms with Crippen molar-refractivity contribution >= 4 is 23.5 Å². The topological polar surface area (TPSA) is 60.0 Å². The summed E-state index contributed by atoms with van der Waals surface area (Å²) in [6, 6.07) is 13.1. The van der Waals surface area contributed by atoms with E-state index in [0.29, 0.717) is 23.7 Å². The van der Waals surface area contributed by atoms with Crippen molar-refractivity contribution in [1.82, 2.24) is 4.90 Å². The normalized spacial score (nSPS) is 18.3. The van der Waals surface area contributed by atoms with Crippen molar-refractivity contribution in [3.8, 4) is 17.2 Å². The van der Waals surface area contributed by atoms with Crippen LogP contribution in [0.2, 0.25) is 0 Å². The second kappa shape index (κ2) is 6.76. The Labute approximate surface area is 150 Å². The smallest absolute Gasteiger partial charge is 0.323 e. The summed E-state index contributed by atoms with van der Waals surface area (Å²) in [5.74, 6) is 3.04. The first-order valence-corrected chi connectivity index (χ1v) is 9.02. The summed E-state index contributed by atoms with van der Waals surface area (Å²) in [5.41, 5.74) is 1.75. The zero-order chi connectivity index (χ0) is 17.2. The molecule has 1 fully saturated rings. The highest BCUT2D eigenvalue weighted by atomic mass is 32.2. The van der Waals surface area contributed by atoms with Gasteiger partial charge in [-0.05, 0) is 29.8 Å². The minimum absolute atomic E-state index is 0.0240. The molecule has 4 rings (SSSR count). The van der Waals surface area contributed by atoms with Gasteiger partial charge in [0.25, 0.3) is 0 Å². The Bertz CT molecular complexity index is 798. The monoisotopic (exact) mass is 358 g/mol. The van der Waals surface area contributed by atoms with Crippen molar-refractivity contribution in [3.63, 3.8) is 0 Å². The first-order valence-electron chi connectivity index (χ1n) is 7.97. The molecule has 25 heavy (non-hydrogen) atoms. The molecule has 0 aromatic heterocycles. The fraction of sp³-hybridized carbons (Fsp3) is 0.278. The van der Waals surface area contributed by atoms with E-state index in [1.54, 1.807) is 31.0 Å². The third-order valence-electron chi connectivity index (χ3n) is 4.15. The third kappa shape index (κ3) is 3.19. The molecule has 2 amide bonds. The van der Waals surface area contributed by atoms with Gasteiger partial charge in [-0.1, -0.05) is 12.1 Å². The van der Waals surface area contributed by atoms with Gasteiger partial charge in [0, 0.05) is 24.1 Å². The summed E-state index contributed by atoms with van der Waals surface area (Å²) >= 11 is 1.75. The predicted molar refractivity (Wildman–Crippen MR) is 96.5 cm³/mol. The van der Waals surface area contributed by atoms with Crippen LogP contribution in [0, 0.1) is 0 Å². The molecular weight excluding hydrogens is 340 g/mol. The summed E-state index contributed by atoms with van der Waals surface area (Å²) in [5, 5.41) is 2.92. The average molecular weight is 358 g/mol. The molecule has 1 saturated heterocycles. The molecule has 2 aliphatic rings. The van der Waals surface area contributed by atoms with E-state index in [4.69, 9.17) is 14.2 Å². The number of urea groups is 1. The van der Waals surface area contributed by atoms with Crippen LogP contribution < -0.4 is 19.5 Å². The number of fused-ring (bicyclic) bond motifs is 1. The summed E-state index contributed by atoms with van der Waals surface area (Å²) in [6.45, 7) is 0.913. The Morgan fingerprint density at radius 2 is 2.12 bits per heavy atom. The van der Waals surface area contributed by atoms with Gasteiger partial charge in [0.05, 0.1) is 7.11 Å². The van der Waals surface area contributed by atoms with E-state index in [1.165, 1.54) is 0 Å². The van der Waals surface area contributed by atoms with Gasteiger partial charge in [0.1, 0.15) is 11.1 Å². The zero-order valence-corrected chi connectivity index (χ0v) is 14.5. The molecule has 0 aliphatic carbocycles. The van der Waals surface area contributed by atoms with E-state index >= 15 is 0 Å². The lowest BCUT2D eigenvalue weighted by molar-refractivity contribution is 0.174. The number of thioether (sulfide) groups is 1. The molecule has 7 heteroatoms. The Morgan fingerprint density at radius 1 is 1.24 bits per heavy atom. The van der Waals surface area contributed by atoms with Crippen LogP contribution in [-0.2, 0) is 0 Å². The van der Waals surface area contributed by atoms with Crippen molar-refractivity contribution in [2.75, 3.05) is 31.5 Å². The van der Waals surface area contributed by atoms with Crippen molar-refractivity contribution in [2.45, 2.75) is 5.37 Å². The number of ether oxygens (including phenoxy) is 3. The number of nitrogens with zero attached hydrogens (tertiary/aromatic N) is 1. The van der Waals surface area contributed by atoms with E-state index in [-0.39, 0.29) is 18.2 Å². The minimum Gasteiger partial charge on any atom is -0.497 e. The van der Waals surface area contributed by atoms with Crippen LogP contribution in [0.1, 0.15) is 10.9 Å². The molecule has 0 bridgehead atoms. The first kappa shape index (κ1) is 16.0. The zero-order valence-electron chi connectivity index (χ0n) is 13.7. The van der Waals surface area contributed by atoms with Crippen molar-refractivity contribution in [1.29, 1.82) is 0 Å². The number of carbonyl (C=O) groups excluding carboxylic acids is 1. The molecule has 130 valence electrons. The molecule has 2 aromatic carbocycles. The van der Waals surface area contributed by atoms with Gasteiger partial charge in [0.2, 0.25) is 6.79 Å². The van der Waals surface area contributed by atoms with E-state index in [9.17, 15) is 4.79 Å². The molecule has 0 unspecified atom stereocenters. The van der Waals surface area contributed by atoms with Gasteiger partial charge < -0.3 is 24.4 Å². The van der Waals surface area contributed by atoms with E-state index in [0.717, 1.165) is 17.1 Å². The lowest BCUT2D eigenvalue weighted by Crippen LogP contribution is -2.34. The summed E-state index contributed by atoms with van der Waals surface area (Å²) in [7, 11) is 1.64. The van der Waals surface area contributed by atoms with Crippen LogP contribution in [-0.4, -0.2) is 37.1 Å². The number of hydrogen-bond donors (Lipinski definition) is 1. The minimum atomic E-state index is -0.128. The Hall–Kier alpha value is -2.54. The SMILES string of the molecule is COc1cccc([C@H]2SCCN2C(=O)Nc2ccc3c(c2)OCO3)c1. The van der Waals surface area contributed by atoms with Crippen LogP contribution in [0.3, 0.4) is 0 Å². The largest absolute Gasteiger partial charge is 0.497 e. The van der Waals surface area contributed by atoms with Crippen molar-refractivity contribution < 1.29 is 19.0 Å². The van der Waals surface area contributed by atoms with Crippen molar-refractivity contribution in [2.24, 2.45) is 0 Å². The summed E-state index contributed by atoms with van der Waals surface area (Å²) in [6.07, 6.45) is 0. The molecule has 2 aliphatic heterocycles. The second-order valence-corrected chi connectivity index (χ2v) is 6.88. The van der Waals surface area contributed by atoms with Crippen LogP contribution in [0.5, 0.6) is 17.2 Å². The highest BCUT2D eigenvalue weighted by Crippen LogP contribution is 2.39. The van der Waals surface area contributed by atoms with Crippen LogP contribution in [0.25, 0.3) is 0 Å². The molecule has 0 saturated carbocycles. The average Bonchev–Trinajstić information content (AvgIpc) is 3.30. The summed E-state index contributed by atoms with van der Waals surface area (Å²) < 4.78 is 15.9. The molecule has 0 radical (unpaired) electrons. The molecule has 1 atom stereocenters. The van der Waals surface area contributed by atoms with Crippen LogP contribution >= 0.6 is 11.8 Å². The summed E-state index contributed by atoms with van der Waals surface area (Å²) in [4.78, 5) is 14.6. The van der Waals surface area contributed by atoms with Gasteiger partial charge in [0.15, 0.2) is 11.5 Å². The standard InChI is InChI=1S/C18H18N2O4S/c1-22-14-4-2-3-12(9-14)17-20(7-8-25-17)18(21)19-13-5-6-15-16(10-13)24-11-23-15/h2-6,9-10,17H,7-8,11H2,1H3,(H,19,21)/t17-/m1/s1. The Balaban J connectivity index is 1.50. The number of hydrogen-bond acceptors (Lipinski definition) is 5. The first-order chi connectivity index (χ1) is 12.2. The number of nitrogens with one attached hydrogen (secondary N) is 1. The molecule has 0 spiro atoms. The number of benzene rings is 2. The third-order valence-corrected chi connectivity index (χ3v) is 5.42. The lowest BCUT2D eigenvalue weighted by Gasteiger charge is -2.24. The quantitative estimate of drug-likeness (QED) is 0.906. The molecular formula is C18H18N2O4S. The lowest BCUT2D eigenvalue weighted by atomic mass is 10.2. The van der Waals surface area contributed by atoms with E-state index in [2.05, 4.69) is 5.32 Å². The van der Waals surface area contributed by atoms with Crippen LogP contribution in [0.4, 0.5) is 10.5 Å². The van der Waals surface area contributed by atoms with E-state index < -0.39 is 0 Å². The fourth-order valence-corrected chi connectivity index (χ4v) is 4.16. The Kier molecular flexibility index (Phi) is 4.31. The van der Waals surface area contributed by atoms with E-state index in [1.807, 2.05) is 35.2 Å². The maximum atomic E-state index is 12.8. The second-order valence-electron chi connectivity index (χ2n) is 5.69. The van der Waals surface area contributed by atoms with Crippen molar-refractivity contribution in [3.05, 3.63) is 48.0 Å². The van der Waals surface area contributed by atoms with Gasteiger partial charge >= 0.3 is 6.03 Å². The van der Waals surface area contributed by atoms with Gasteiger partial charge in [-0.15, -0.1) is 11.8 Å². The molecule has 1 N–H and O–H groups in total. The van der Waals surface area contributed by atoms with Gasteiger partial charge in [-0.3, -0.25) is 0 Å². The number of rotatable bonds is 3.